The highest BCUT2D eigenvalue weighted by Crippen LogP contribution is 2.28. The van der Waals surface area contributed by atoms with E-state index in [1.807, 2.05) is 12.1 Å². The fraction of sp³-hybridized carbons (Fsp3) is 0.500. The van der Waals surface area contributed by atoms with E-state index in [0.29, 0.717) is 12.8 Å². The van der Waals surface area contributed by atoms with Crippen LogP contribution in [0.1, 0.15) is 61.9 Å². The number of rotatable bonds is 11. The second-order valence-electron chi connectivity index (χ2n) is 7.36. The topological polar surface area (TPSA) is 162 Å². The molecule has 0 spiro atoms. The Kier molecular flexibility index (Phi) is 16.0. The Bertz CT molecular complexity index is 927. The van der Waals surface area contributed by atoms with Crippen LogP contribution in [0.15, 0.2) is 18.2 Å². The van der Waals surface area contributed by atoms with Crippen LogP contribution in [0.2, 0.25) is 0 Å². The van der Waals surface area contributed by atoms with E-state index in [0.717, 1.165) is 54.1 Å². The predicted octanol–water partition coefficient (Wildman–Crippen LogP) is 2.72. The van der Waals surface area contributed by atoms with Gasteiger partial charge in [0.1, 0.15) is 11.6 Å². The van der Waals surface area contributed by atoms with Crippen molar-refractivity contribution in [3.63, 3.8) is 0 Å². The number of methoxy groups -OCH3 is 1. The summed E-state index contributed by atoms with van der Waals surface area (Å²) in [6.07, 6.45) is 5.80. The highest BCUT2D eigenvalue weighted by atomic mass is 16.5. The summed E-state index contributed by atoms with van der Waals surface area (Å²) in [4.78, 5) is 41.5. The lowest BCUT2D eigenvalue weighted by molar-refractivity contribution is -0.193. The molecular weight excluding hydrogens is 440 g/mol. The first-order chi connectivity index (χ1) is 16.3. The van der Waals surface area contributed by atoms with Gasteiger partial charge in [0.15, 0.2) is 0 Å². The maximum Gasteiger partial charge on any atom is 0.373 e. The van der Waals surface area contributed by atoms with Crippen molar-refractivity contribution >= 4 is 24.1 Å². The second-order valence-corrected chi connectivity index (χ2v) is 7.36. The summed E-state index contributed by atoms with van der Waals surface area (Å²) < 4.78 is 5.56. The fourth-order valence-electron chi connectivity index (χ4n) is 3.47. The molecule has 1 heterocycles. The molecule has 0 saturated heterocycles. The minimum Gasteiger partial charge on any atom is -0.496 e. The molecule has 0 aliphatic carbocycles. The first-order valence-electron chi connectivity index (χ1n) is 11.0. The van der Waals surface area contributed by atoms with Crippen molar-refractivity contribution < 1.29 is 29.0 Å². The standard InChI is InChI=1S/C22H34N4O2.2CO2/c1-5-7-8-17(11-12-27)24-21-18(19(6-2)25-22(23)26-21)14-16-13-15(3)9-10-20(16)28-4;2*2-1-3/h9-10,13,17,27H,5-8,11-12,14H2,1-4H3,(H3,23,24,25,26);;/t17-;;/m0../s1. The number of anilines is 2. The van der Waals surface area contributed by atoms with Crippen molar-refractivity contribution in [1.82, 2.24) is 9.97 Å². The third-order valence-electron chi connectivity index (χ3n) is 4.97. The summed E-state index contributed by atoms with van der Waals surface area (Å²) in [7, 11) is 1.69. The fourth-order valence-corrected chi connectivity index (χ4v) is 3.47. The summed E-state index contributed by atoms with van der Waals surface area (Å²) >= 11 is 0. The molecule has 0 unspecified atom stereocenters. The van der Waals surface area contributed by atoms with E-state index in [4.69, 9.17) is 29.6 Å². The van der Waals surface area contributed by atoms with Gasteiger partial charge in [0.2, 0.25) is 5.95 Å². The van der Waals surface area contributed by atoms with E-state index in [2.05, 4.69) is 42.1 Å². The number of unbranched alkanes of at least 4 members (excludes halogenated alkanes) is 1. The number of hydrogen-bond donors (Lipinski definition) is 3. The first-order valence-corrected chi connectivity index (χ1v) is 11.0. The van der Waals surface area contributed by atoms with Crippen molar-refractivity contribution in [2.45, 2.75) is 65.3 Å². The van der Waals surface area contributed by atoms with Gasteiger partial charge in [-0.05, 0) is 37.8 Å². The molecule has 34 heavy (non-hydrogen) atoms. The molecule has 0 bridgehead atoms. The van der Waals surface area contributed by atoms with Crippen LogP contribution in [0.25, 0.3) is 0 Å². The van der Waals surface area contributed by atoms with Crippen LogP contribution >= 0.6 is 0 Å². The van der Waals surface area contributed by atoms with E-state index >= 15 is 0 Å². The second kappa shape index (κ2) is 17.9. The Hall–Kier alpha value is -3.58. The van der Waals surface area contributed by atoms with Crippen LogP contribution in [-0.2, 0) is 32.0 Å². The highest BCUT2D eigenvalue weighted by molar-refractivity contribution is 5.54. The van der Waals surface area contributed by atoms with Crippen molar-refractivity contribution in [2.75, 3.05) is 24.8 Å². The SMILES string of the molecule is CCCC[C@@H](CCO)Nc1nc(N)nc(CC)c1Cc1cc(C)ccc1OC.O=C=O.O=C=O. The third kappa shape index (κ3) is 10.8. The minimum atomic E-state index is 0.142. The van der Waals surface area contributed by atoms with Gasteiger partial charge >= 0.3 is 12.3 Å². The summed E-state index contributed by atoms with van der Waals surface area (Å²) in [5.74, 6) is 1.90. The smallest absolute Gasteiger partial charge is 0.373 e. The van der Waals surface area contributed by atoms with E-state index in [-0.39, 0.29) is 30.9 Å². The molecule has 186 valence electrons. The number of carbonyl (C=O) groups excluding carboxylic acids is 4. The number of hydrogen-bond acceptors (Lipinski definition) is 10. The van der Waals surface area contributed by atoms with Gasteiger partial charge in [-0.2, -0.15) is 24.2 Å². The summed E-state index contributed by atoms with van der Waals surface area (Å²) in [5.41, 5.74) is 10.3. The molecule has 1 aromatic heterocycles. The molecule has 0 aliphatic heterocycles. The zero-order chi connectivity index (χ0) is 25.9. The van der Waals surface area contributed by atoms with Crippen LogP contribution in [-0.4, -0.2) is 47.1 Å². The number of nitrogens with two attached hydrogens (primary N) is 1. The third-order valence-corrected chi connectivity index (χ3v) is 4.97. The normalized spacial score (nSPS) is 10.4. The quantitative estimate of drug-likeness (QED) is 0.441. The van der Waals surface area contributed by atoms with Gasteiger partial charge in [-0.3, -0.25) is 0 Å². The number of nitrogens with one attached hydrogen (secondary N) is 1. The van der Waals surface area contributed by atoms with Gasteiger partial charge in [-0.25, -0.2) is 4.98 Å². The number of benzene rings is 1. The molecule has 1 atom stereocenters. The number of nitrogens with zero attached hydrogens (tertiary/aromatic N) is 2. The predicted molar refractivity (Wildman–Crippen MR) is 125 cm³/mol. The number of aryl methyl sites for hydroxylation is 2. The molecule has 0 radical (unpaired) electrons. The number of aliphatic hydroxyl groups is 1. The zero-order valence-electron chi connectivity index (χ0n) is 20.2. The van der Waals surface area contributed by atoms with Gasteiger partial charge in [0, 0.05) is 24.6 Å². The number of nitrogen functional groups attached to an aromatic ring is 1. The molecule has 10 heteroatoms. The van der Waals surface area contributed by atoms with Crippen LogP contribution in [0.3, 0.4) is 0 Å². The van der Waals surface area contributed by atoms with Gasteiger partial charge < -0.3 is 20.9 Å². The molecule has 0 fully saturated rings. The Morgan fingerprint density at radius 1 is 1.12 bits per heavy atom. The lowest BCUT2D eigenvalue weighted by Gasteiger charge is -2.22. The van der Waals surface area contributed by atoms with E-state index < -0.39 is 0 Å². The first kappa shape index (κ1) is 30.4. The maximum atomic E-state index is 9.46. The Morgan fingerprint density at radius 2 is 1.76 bits per heavy atom. The lowest BCUT2D eigenvalue weighted by Crippen LogP contribution is -2.24. The minimum absolute atomic E-state index is 0.142. The summed E-state index contributed by atoms with van der Waals surface area (Å²) in [6.45, 7) is 6.46. The van der Waals surface area contributed by atoms with Crippen LogP contribution in [0.4, 0.5) is 11.8 Å². The Labute approximate surface area is 199 Å². The molecule has 2 aromatic rings. The molecular formula is C24H34N4O6. The molecule has 4 N–H and O–H groups in total. The average molecular weight is 475 g/mol. The monoisotopic (exact) mass is 474 g/mol. The highest BCUT2D eigenvalue weighted by Gasteiger charge is 2.18. The Morgan fingerprint density at radius 3 is 2.29 bits per heavy atom. The summed E-state index contributed by atoms with van der Waals surface area (Å²) in [6, 6.07) is 6.34. The number of ether oxygens (including phenoxy) is 1. The van der Waals surface area contributed by atoms with Gasteiger partial charge in [0.05, 0.1) is 12.8 Å². The largest absolute Gasteiger partial charge is 0.496 e. The van der Waals surface area contributed by atoms with Gasteiger partial charge in [0.25, 0.3) is 0 Å². The van der Waals surface area contributed by atoms with Crippen molar-refractivity contribution in [1.29, 1.82) is 0 Å². The van der Waals surface area contributed by atoms with Crippen LogP contribution < -0.4 is 15.8 Å². The molecule has 10 nitrogen and oxygen atoms in total. The average Bonchev–Trinajstić information content (AvgIpc) is 2.80. The van der Waals surface area contributed by atoms with Crippen molar-refractivity contribution in [2.24, 2.45) is 0 Å². The molecule has 0 saturated carbocycles. The van der Waals surface area contributed by atoms with Gasteiger partial charge in [-0.15, -0.1) is 0 Å². The van der Waals surface area contributed by atoms with Crippen LogP contribution in [0, 0.1) is 6.92 Å². The zero-order valence-corrected chi connectivity index (χ0v) is 20.2. The van der Waals surface area contributed by atoms with Crippen LogP contribution in [0.5, 0.6) is 5.75 Å². The van der Waals surface area contributed by atoms with Gasteiger partial charge in [-0.1, -0.05) is 44.4 Å². The maximum absolute atomic E-state index is 9.46. The Balaban J connectivity index is 0.00000164. The molecule has 0 aliphatic rings. The molecule has 2 rings (SSSR count). The lowest BCUT2D eigenvalue weighted by atomic mass is 9.99. The van der Waals surface area contributed by atoms with Crippen molar-refractivity contribution in [3.8, 4) is 5.75 Å². The van der Waals surface area contributed by atoms with E-state index in [1.165, 1.54) is 5.56 Å². The van der Waals surface area contributed by atoms with E-state index in [9.17, 15) is 5.11 Å². The molecule has 0 amide bonds. The van der Waals surface area contributed by atoms with Crippen molar-refractivity contribution in [3.05, 3.63) is 40.6 Å². The molecule has 1 aromatic carbocycles. The summed E-state index contributed by atoms with van der Waals surface area (Å²) in [5, 5.41) is 13.0. The number of aliphatic hydroxyl groups excluding tert-OH is 1. The number of aromatic nitrogens is 2. The van der Waals surface area contributed by atoms with E-state index in [1.54, 1.807) is 7.11 Å².